The average molecular weight is 540 g/mol. The van der Waals surface area contributed by atoms with Crippen LogP contribution in [0, 0.1) is 5.92 Å². The molecule has 200 valence electrons. The van der Waals surface area contributed by atoms with Crippen molar-refractivity contribution in [1.82, 2.24) is 4.90 Å². The fourth-order valence-electron chi connectivity index (χ4n) is 4.29. The molecule has 0 bridgehead atoms. The third kappa shape index (κ3) is 8.38. The highest BCUT2D eigenvalue weighted by Gasteiger charge is 2.32. The van der Waals surface area contributed by atoms with Crippen molar-refractivity contribution >= 4 is 18.4 Å². The predicted octanol–water partition coefficient (Wildman–Crippen LogP) is 6.48. The summed E-state index contributed by atoms with van der Waals surface area (Å²) in [6.45, 7) is 2.38. The topological polar surface area (TPSA) is 49.8 Å². The van der Waals surface area contributed by atoms with Gasteiger partial charge >= 0.3 is 18.3 Å². The van der Waals surface area contributed by atoms with Crippen molar-refractivity contribution in [1.29, 1.82) is 0 Å². The van der Waals surface area contributed by atoms with Crippen molar-refractivity contribution in [2.75, 3.05) is 32.8 Å². The zero-order valence-corrected chi connectivity index (χ0v) is 20.1. The molecule has 4 nitrogen and oxygen atoms in total. The predicted molar refractivity (Wildman–Crippen MR) is 124 cm³/mol. The Morgan fingerprint density at radius 1 is 0.917 bits per heavy atom. The van der Waals surface area contributed by atoms with E-state index in [-0.39, 0.29) is 19.0 Å². The van der Waals surface area contributed by atoms with Gasteiger partial charge in [-0.1, -0.05) is 24.3 Å². The third-order valence-electron chi connectivity index (χ3n) is 6.24. The number of halogens is 7. The molecule has 1 saturated heterocycles. The molecular formula is C25H28ClF6NO3. The fourth-order valence-corrected chi connectivity index (χ4v) is 4.29. The molecule has 1 atom stereocenters. The van der Waals surface area contributed by atoms with Crippen molar-refractivity contribution in [2.45, 2.75) is 37.5 Å². The highest BCUT2D eigenvalue weighted by atomic mass is 35.5. The molecule has 0 amide bonds. The number of carboxylic acid groups (broad SMARTS) is 1. The molecule has 0 saturated carbocycles. The number of carboxylic acids is 1. The first-order valence-corrected chi connectivity index (χ1v) is 11.3. The van der Waals surface area contributed by atoms with E-state index in [2.05, 4.69) is 0 Å². The van der Waals surface area contributed by atoms with E-state index in [4.69, 9.17) is 4.74 Å². The fraction of sp³-hybridized carbons (Fsp3) is 0.480. The highest BCUT2D eigenvalue weighted by molar-refractivity contribution is 5.85. The molecule has 3 rings (SSSR count). The lowest BCUT2D eigenvalue weighted by Gasteiger charge is -2.30. The summed E-state index contributed by atoms with van der Waals surface area (Å²) >= 11 is 0. The van der Waals surface area contributed by atoms with E-state index in [9.17, 15) is 36.2 Å². The Labute approximate surface area is 211 Å². The number of piperidine rings is 1. The van der Waals surface area contributed by atoms with E-state index in [0.717, 1.165) is 37.2 Å². The molecule has 1 unspecified atom stereocenters. The van der Waals surface area contributed by atoms with Gasteiger partial charge in [0.2, 0.25) is 0 Å². The van der Waals surface area contributed by atoms with E-state index in [1.54, 1.807) is 0 Å². The Balaban J connectivity index is 0.00000456. The van der Waals surface area contributed by atoms with Gasteiger partial charge in [-0.3, -0.25) is 4.79 Å². The molecule has 0 radical (unpaired) electrons. The molecule has 1 aliphatic heterocycles. The Bertz CT molecular complexity index is 906. The Morgan fingerprint density at radius 3 is 1.86 bits per heavy atom. The number of hydrogen-bond donors (Lipinski definition) is 1. The van der Waals surface area contributed by atoms with Gasteiger partial charge in [0, 0.05) is 25.6 Å². The van der Waals surface area contributed by atoms with Crippen molar-refractivity contribution in [2.24, 2.45) is 5.92 Å². The van der Waals surface area contributed by atoms with E-state index in [1.807, 2.05) is 4.90 Å². The number of ether oxygens (including phenoxy) is 1. The van der Waals surface area contributed by atoms with Crippen LogP contribution in [0.3, 0.4) is 0 Å². The summed E-state index contributed by atoms with van der Waals surface area (Å²) in [6.07, 6.45) is -7.18. The van der Waals surface area contributed by atoms with Crippen LogP contribution in [0.4, 0.5) is 26.3 Å². The van der Waals surface area contributed by atoms with E-state index in [1.165, 1.54) is 24.3 Å². The zero-order valence-electron chi connectivity index (χ0n) is 19.3. The van der Waals surface area contributed by atoms with Gasteiger partial charge in [0.25, 0.3) is 0 Å². The van der Waals surface area contributed by atoms with E-state index >= 15 is 0 Å². The lowest BCUT2D eigenvalue weighted by atomic mass is 9.88. The third-order valence-corrected chi connectivity index (χ3v) is 6.24. The molecule has 2 aromatic rings. The summed E-state index contributed by atoms with van der Waals surface area (Å²) < 4.78 is 83.4. The second-order valence-corrected chi connectivity index (χ2v) is 8.67. The smallest absolute Gasteiger partial charge is 0.416 e. The molecule has 36 heavy (non-hydrogen) atoms. The zero-order chi connectivity index (χ0) is 25.6. The summed E-state index contributed by atoms with van der Waals surface area (Å²) in [7, 11) is 0. The molecular weight excluding hydrogens is 512 g/mol. The van der Waals surface area contributed by atoms with Crippen molar-refractivity contribution < 1.29 is 41.0 Å². The second kappa shape index (κ2) is 12.8. The number of benzene rings is 2. The van der Waals surface area contributed by atoms with Gasteiger partial charge in [0.15, 0.2) is 0 Å². The van der Waals surface area contributed by atoms with Crippen LogP contribution < -0.4 is 0 Å². The number of hydrogen-bond acceptors (Lipinski definition) is 3. The first kappa shape index (κ1) is 29.9. The minimum absolute atomic E-state index is 0. The number of likely N-dealkylation sites (tertiary alicyclic amines) is 1. The lowest BCUT2D eigenvalue weighted by Crippen LogP contribution is -2.40. The first-order valence-electron chi connectivity index (χ1n) is 11.3. The maximum Gasteiger partial charge on any atom is 0.416 e. The summed E-state index contributed by atoms with van der Waals surface area (Å²) in [5.74, 6) is -1.66. The van der Waals surface area contributed by atoms with Crippen molar-refractivity contribution in [3.05, 3.63) is 70.8 Å². The van der Waals surface area contributed by atoms with Gasteiger partial charge in [0.1, 0.15) is 0 Å². The Kier molecular flexibility index (Phi) is 10.6. The van der Waals surface area contributed by atoms with Crippen LogP contribution in [0.2, 0.25) is 0 Å². The first-order chi connectivity index (χ1) is 16.4. The number of aliphatic carboxylic acids is 1. The summed E-state index contributed by atoms with van der Waals surface area (Å²) in [5.41, 5.74) is -0.516. The number of alkyl halides is 6. The van der Waals surface area contributed by atoms with Crippen molar-refractivity contribution in [3.8, 4) is 0 Å². The molecule has 1 N–H and O–H groups in total. The van der Waals surface area contributed by atoms with E-state index < -0.39 is 41.3 Å². The monoisotopic (exact) mass is 539 g/mol. The van der Waals surface area contributed by atoms with Crippen LogP contribution >= 0.6 is 12.4 Å². The van der Waals surface area contributed by atoms with Crippen LogP contribution in [0.1, 0.15) is 47.4 Å². The standard InChI is InChI=1S/C25H27F6NO3.ClH/c26-24(27,28)20-7-3-17(4-8-20)22(18-5-9-21(10-6-18)25(29,30)31)11-14-35-15-13-32-12-1-2-19(16-32)23(33)34;/h3-10,19,22H,1-2,11-16H2,(H,33,34);1H. The van der Waals surface area contributed by atoms with Gasteiger partial charge < -0.3 is 14.7 Å². The average Bonchev–Trinajstić information content (AvgIpc) is 2.81. The van der Waals surface area contributed by atoms with Gasteiger partial charge in [-0.15, -0.1) is 12.4 Å². The largest absolute Gasteiger partial charge is 0.481 e. The number of rotatable bonds is 9. The van der Waals surface area contributed by atoms with Gasteiger partial charge in [-0.05, 0) is 61.2 Å². The van der Waals surface area contributed by atoms with E-state index in [0.29, 0.717) is 43.7 Å². The van der Waals surface area contributed by atoms with Gasteiger partial charge in [0.05, 0.1) is 23.7 Å². The molecule has 1 aliphatic rings. The van der Waals surface area contributed by atoms with Crippen molar-refractivity contribution in [3.63, 3.8) is 0 Å². The SMILES string of the molecule is Cl.O=C(O)C1CCCN(CCOCCC(c2ccc(C(F)(F)F)cc2)c2ccc(C(F)(F)F)cc2)C1. The minimum Gasteiger partial charge on any atom is -0.481 e. The molecule has 1 heterocycles. The van der Waals surface area contributed by atoms with Gasteiger partial charge in [-0.2, -0.15) is 26.3 Å². The molecule has 2 aromatic carbocycles. The maximum atomic E-state index is 12.9. The normalized spacial score (nSPS) is 17.1. The van der Waals surface area contributed by atoms with Gasteiger partial charge in [-0.25, -0.2) is 0 Å². The second-order valence-electron chi connectivity index (χ2n) is 8.67. The molecule has 0 aliphatic carbocycles. The lowest BCUT2D eigenvalue weighted by molar-refractivity contribution is -0.143. The molecule has 1 fully saturated rings. The van der Waals surface area contributed by atoms with Crippen LogP contribution in [-0.2, 0) is 21.9 Å². The summed E-state index contributed by atoms with van der Waals surface area (Å²) in [6, 6.07) is 9.20. The summed E-state index contributed by atoms with van der Waals surface area (Å²) in [5, 5.41) is 9.18. The Morgan fingerprint density at radius 2 is 1.42 bits per heavy atom. The molecule has 0 aromatic heterocycles. The number of carbonyl (C=O) groups is 1. The quantitative estimate of drug-likeness (QED) is 0.293. The van der Waals surface area contributed by atoms with Crippen LogP contribution in [0.5, 0.6) is 0 Å². The molecule has 11 heteroatoms. The maximum absolute atomic E-state index is 12.9. The summed E-state index contributed by atoms with van der Waals surface area (Å²) in [4.78, 5) is 13.2. The van der Waals surface area contributed by atoms with Crippen LogP contribution in [0.25, 0.3) is 0 Å². The minimum atomic E-state index is -4.49. The molecule has 0 spiro atoms. The number of nitrogens with zero attached hydrogens (tertiary/aromatic N) is 1. The Hall–Kier alpha value is -2.30. The van der Waals surface area contributed by atoms with Crippen LogP contribution in [0.15, 0.2) is 48.5 Å². The highest BCUT2D eigenvalue weighted by Crippen LogP contribution is 2.35. The van der Waals surface area contributed by atoms with Crippen LogP contribution in [-0.4, -0.2) is 48.8 Å².